The third kappa shape index (κ3) is 1.73. The molecule has 104 valence electrons. The van der Waals surface area contributed by atoms with E-state index in [2.05, 4.69) is 40.7 Å². The molecule has 1 heterocycles. The minimum atomic E-state index is -0.369. The third-order valence-electron chi connectivity index (χ3n) is 5.71. The number of ether oxygens (including phenoxy) is 1. The number of fused-ring (bicyclic) bond motifs is 1. The fraction of sp³-hybridized carbons (Fsp3) is 0.647. The molecule has 1 aliphatic heterocycles. The molecule has 2 nitrogen and oxygen atoms in total. The van der Waals surface area contributed by atoms with Crippen LogP contribution in [0.5, 0.6) is 5.75 Å². The molecule has 1 fully saturated rings. The Kier molecular flexibility index (Phi) is 2.57. The lowest BCUT2D eigenvalue weighted by molar-refractivity contribution is 0.130. The van der Waals surface area contributed by atoms with E-state index in [4.69, 9.17) is 4.74 Å². The average molecular weight is 260 g/mol. The van der Waals surface area contributed by atoms with Gasteiger partial charge in [0.15, 0.2) is 0 Å². The van der Waals surface area contributed by atoms with Gasteiger partial charge >= 0.3 is 0 Å². The minimum Gasteiger partial charge on any atom is -0.490 e. The van der Waals surface area contributed by atoms with Crippen molar-refractivity contribution in [2.75, 3.05) is 0 Å². The topological polar surface area (TPSA) is 29.5 Å². The highest BCUT2D eigenvalue weighted by atomic mass is 16.5. The highest BCUT2D eigenvalue weighted by Gasteiger charge is 2.67. The van der Waals surface area contributed by atoms with Gasteiger partial charge in [0, 0.05) is 12.3 Å². The molecule has 1 aliphatic carbocycles. The summed E-state index contributed by atoms with van der Waals surface area (Å²) in [6, 6.07) is 6.17. The first-order chi connectivity index (χ1) is 8.75. The molecular weight excluding hydrogens is 236 g/mol. The van der Waals surface area contributed by atoms with E-state index in [9.17, 15) is 5.11 Å². The zero-order chi connectivity index (χ0) is 14.0. The molecule has 0 spiro atoms. The van der Waals surface area contributed by atoms with E-state index in [1.54, 1.807) is 0 Å². The van der Waals surface area contributed by atoms with Crippen LogP contribution >= 0.6 is 0 Å². The second-order valence-electron chi connectivity index (χ2n) is 7.37. The normalized spacial score (nSPS) is 28.6. The smallest absolute Gasteiger partial charge is 0.123 e. The summed E-state index contributed by atoms with van der Waals surface area (Å²) in [4.78, 5) is 0. The van der Waals surface area contributed by atoms with Crippen molar-refractivity contribution in [3.8, 4) is 5.75 Å². The summed E-state index contributed by atoms with van der Waals surface area (Å²) in [5.41, 5.74) is 2.69. The van der Waals surface area contributed by atoms with Crippen LogP contribution in [0.25, 0.3) is 0 Å². The lowest BCUT2D eigenvalue weighted by Gasteiger charge is -2.14. The zero-order valence-electron chi connectivity index (χ0n) is 12.5. The molecule has 1 saturated carbocycles. The van der Waals surface area contributed by atoms with Gasteiger partial charge in [0.05, 0.1) is 6.10 Å². The highest BCUT2D eigenvalue weighted by Crippen LogP contribution is 2.72. The molecule has 2 unspecified atom stereocenters. The lowest BCUT2D eigenvalue weighted by atomic mass is 9.97. The number of hydrogen-bond acceptors (Lipinski definition) is 2. The summed E-state index contributed by atoms with van der Waals surface area (Å²) in [5.74, 6) is 1.32. The summed E-state index contributed by atoms with van der Waals surface area (Å²) < 4.78 is 5.72. The van der Waals surface area contributed by atoms with Crippen molar-refractivity contribution in [3.05, 3.63) is 29.3 Å². The van der Waals surface area contributed by atoms with Gasteiger partial charge in [-0.05, 0) is 41.0 Å². The van der Waals surface area contributed by atoms with Gasteiger partial charge in [0.25, 0.3) is 0 Å². The van der Waals surface area contributed by atoms with Crippen LogP contribution in [0.2, 0.25) is 0 Å². The summed E-state index contributed by atoms with van der Waals surface area (Å²) in [6.07, 6.45) is 0.843. The van der Waals surface area contributed by atoms with Gasteiger partial charge in [0.1, 0.15) is 11.9 Å². The van der Waals surface area contributed by atoms with E-state index < -0.39 is 0 Å². The highest BCUT2D eigenvalue weighted by molar-refractivity contribution is 5.42. The van der Waals surface area contributed by atoms with Crippen LogP contribution in [0, 0.1) is 16.7 Å². The van der Waals surface area contributed by atoms with Crippen molar-refractivity contribution in [1.82, 2.24) is 0 Å². The molecule has 3 rings (SSSR count). The Balaban J connectivity index is 1.87. The lowest BCUT2D eigenvalue weighted by Crippen LogP contribution is -2.06. The Morgan fingerprint density at radius 3 is 2.42 bits per heavy atom. The fourth-order valence-corrected chi connectivity index (χ4v) is 3.86. The van der Waals surface area contributed by atoms with Gasteiger partial charge in [-0.3, -0.25) is 0 Å². The van der Waals surface area contributed by atoms with Crippen molar-refractivity contribution in [2.24, 2.45) is 16.7 Å². The van der Waals surface area contributed by atoms with Crippen LogP contribution < -0.4 is 4.74 Å². The molecule has 0 saturated heterocycles. The Hall–Kier alpha value is -1.02. The first kappa shape index (κ1) is 13.0. The van der Waals surface area contributed by atoms with Crippen LogP contribution in [0.15, 0.2) is 18.2 Å². The van der Waals surface area contributed by atoms with E-state index in [0.717, 1.165) is 17.7 Å². The average Bonchev–Trinajstić information content (AvgIpc) is 2.58. The van der Waals surface area contributed by atoms with E-state index in [1.165, 1.54) is 5.56 Å². The Morgan fingerprint density at radius 1 is 1.21 bits per heavy atom. The summed E-state index contributed by atoms with van der Waals surface area (Å²) >= 11 is 0. The molecule has 19 heavy (non-hydrogen) atoms. The van der Waals surface area contributed by atoms with Crippen molar-refractivity contribution < 1.29 is 9.84 Å². The maximum absolute atomic E-state index is 10.7. The van der Waals surface area contributed by atoms with Crippen LogP contribution in [0.1, 0.15) is 51.8 Å². The molecule has 0 aromatic heterocycles. The quantitative estimate of drug-likeness (QED) is 0.878. The molecule has 0 amide bonds. The maximum Gasteiger partial charge on any atom is 0.123 e. The predicted octanol–water partition coefficient (Wildman–Crippen LogP) is 3.73. The standard InChI is InChI=1S/C17H24O2/c1-10-8-12-9-11(6-7-13(12)19-10)14(18)15-16(2,3)17(15,4)5/h6-7,9-10,14-15,18H,8H2,1-5H3. The van der Waals surface area contributed by atoms with Crippen molar-refractivity contribution in [2.45, 2.75) is 53.2 Å². The number of aliphatic hydroxyl groups excluding tert-OH is 1. The molecule has 2 atom stereocenters. The van der Waals surface area contributed by atoms with E-state index in [0.29, 0.717) is 5.92 Å². The summed E-state index contributed by atoms with van der Waals surface area (Å²) in [5, 5.41) is 10.7. The molecule has 1 N–H and O–H groups in total. The van der Waals surface area contributed by atoms with E-state index >= 15 is 0 Å². The summed E-state index contributed by atoms with van der Waals surface area (Å²) in [6.45, 7) is 11.1. The van der Waals surface area contributed by atoms with Crippen molar-refractivity contribution >= 4 is 0 Å². The first-order valence-electron chi connectivity index (χ1n) is 7.22. The van der Waals surface area contributed by atoms with Gasteiger partial charge < -0.3 is 9.84 Å². The Bertz CT molecular complexity index is 502. The molecule has 0 radical (unpaired) electrons. The third-order valence-corrected chi connectivity index (χ3v) is 5.71. The predicted molar refractivity (Wildman–Crippen MR) is 76.2 cm³/mol. The largest absolute Gasteiger partial charge is 0.490 e. The number of rotatable bonds is 2. The monoisotopic (exact) mass is 260 g/mol. The SMILES string of the molecule is CC1Cc2cc(C(O)C3C(C)(C)C3(C)C)ccc2O1. The second-order valence-corrected chi connectivity index (χ2v) is 7.37. The van der Waals surface area contributed by atoms with Crippen LogP contribution in [0.3, 0.4) is 0 Å². The first-order valence-corrected chi connectivity index (χ1v) is 7.22. The van der Waals surface area contributed by atoms with Gasteiger partial charge in [-0.25, -0.2) is 0 Å². The Labute approximate surface area is 115 Å². The van der Waals surface area contributed by atoms with E-state index in [-0.39, 0.29) is 23.0 Å². The van der Waals surface area contributed by atoms with Gasteiger partial charge in [-0.1, -0.05) is 33.8 Å². The molecule has 2 aliphatic rings. The van der Waals surface area contributed by atoms with Gasteiger partial charge in [0.2, 0.25) is 0 Å². The summed E-state index contributed by atoms with van der Waals surface area (Å²) in [7, 11) is 0. The molecule has 2 heteroatoms. The molecule has 1 aromatic rings. The van der Waals surface area contributed by atoms with Crippen LogP contribution in [-0.2, 0) is 6.42 Å². The minimum absolute atomic E-state index is 0.204. The zero-order valence-corrected chi connectivity index (χ0v) is 12.5. The number of benzene rings is 1. The molecule has 0 bridgehead atoms. The maximum atomic E-state index is 10.7. The number of aliphatic hydroxyl groups is 1. The van der Waals surface area contributed by atoms with Gasteiger partial charge in [-0.2, -0.15) is 0 Å². The molecular formula is C17H24O2. The molecule has 1 aromatic carbocycles. The second kappa shape index (κ2) is 3.76. The van der Waals surface area contributed by atoms with E-state index in [1.807, 2.05) is 12.1 Å². The van der Waals surface area contributed by atoms with Crippen molar-refractivity contribution in [1.29, 1.82) is 0 Å². The van der Waals surface area contributed by atoms with Gasteiger partial charge in [-0.15, -0.1) is 0 Å². The number of hydrogen-bond donors (Lipinski definition) is 1. The Morgan fingerprint density at radius 2 is 1.84 bits per heavy atom. The fourth-order valence-electron chi connectivity index (χ4n) is 3.86. The van der Waals surface area contributed by atoms with Crippen molar-refractivity contribution in [3.63, 3.8) is 0 Å². The van der Waals surface area contributed by atoms with Crippen LogP contribution in [-0.4, -0.2) is 11.2 Å². The van der Waals surface area contributed by atoms with Crippen LogP contribution in [0.4, 0.5) is 0 Å².